The summed E-state index contributed by atoms with van der Waals surface area (Å²) >= 11 is 0. The van der Waals surface area contributed by atoms with Gasteiger partial charge in [0, 0.05) is 12.8 Å². The summed E-state index contributed by atoms with van der Waals surface area (Å²) < 4.78 is 0. The van der Waals surface area contributed by atoms with Crippen LogP contribution in [-0.4, -0.2) is 6.54 Å². The Labute approximate surface area is 158 Å². The van der Waals surface area contributed by atoms with E-state index in [2.05, 4.69) is 30.6 Å². The lowest BCUT2D eigenvalue weighted by Gasteiger charge is -2.00. The predicted octanol–water partition coefficient (Wildman–Crippen LogP) is 6.99. The molecule has 0 aromatic heterocycles. The quantitative estimate of drug-likeness (QED) is 0.223. The molecule has 0 radical (unpaired) electrons. The van der Waals surface area contributed by atoms with Gasteiger partial charge in [0.15, 0.2) is 0 Å². The third-order valence-corrected chi connectivity index (χ3v) is 4.65. The molecule has 144 valence electrons. The summed E-state index contributed by atoms with van der Waals surface area (Å²) in [6.45, 7) is 3.12. The highest BCUT2D eigenvalue weighted by Gasteiger charge is 1.92. The zero-order chi connectivity index (χ0) is 18.3. The number of rotatable bonds is 17. The van der Waals surface area contributed by atoms with Crippen molar-refractivity contribution in [2.75, 3.05) is 6.54 Å². The van der Waals surface area contributed by atoms with E-state index < -0.39 is 0 Å². The first-order valence-corrected chi connectivity index (χ1v) is 11.1. The van der Waals surface area contributed by atoms with E-state index >= 15 is 0 Å². The van der Waals surface area contributed by atoms with Crippen LogP contribution in [0.4, 0.5) is 0 Å². The number of unbranched alkanes of at least 4 members (excludes halogenated alkanes) is 16. The summed E-state index contributed by atoms with van der Waals surface area (Å²) in [7, 11) is 0. The van der Waals surface area contributed by atoms with Crippen LogP contribution in [0, 0.1) is 23.7 Å². The van der Waals surface area contributed by atoms with Crippen LogP contribution in [0.1, 0.15) is 122 Å². The van der Waals surface area contributed by atoms with Gasteiger partial charge in [-0.3, -0.25) is 0 Å². The van der Waals surface area contributed by atoms with Crippen molar-refractivity contribution in [1.29, 1.82) is 0 Å². The van der Waals surface area contributed by atoms with Gasteiger partial charge in [-0.2, -0.15) is 0 Å². The molecule has 0 heterocycles. The summed E-state index contributed by atoms with van der Waals surface area (Å²) in [6.07, 6.45) is 23.5. The molecule has 1 nitrogen and oxygen atoms in total. The summed E-state index contributed by atoms with van der Waals surface area (Å²) in [5.74, 6) is 12.4. The number of hydrogen-bond donors (Lipinski definition) is 1. The molecule has 0 fully saturated rings. The topological polar surface area (TPSA) is 26.0 Å². The second kappa shape index (κ2) is 23.1. The van der Waals surface area contributed by atoms with Crippen molar-refractivity contribution in [2.45, 2.75) is 122 Å². The molecule has 25 heavy (non-hydrogen) atoms. The van der Waals surface area contributed by atoms with Crippen molar-refractivity contribution in [3.63, 3.8) is 0 Å². The average molecular weight is 346 g/mol. The van der Waals surface area contributed by atoms with E-state index in [-0.39, 0.29) is 0 Å². The van der Waals surface area contributed by atoms with Gasteiger partial charge in [-0.05, 0) is 37.6 Å². The first kappa shape index (κ1) is 24.1. The summed E-state index contributed by atoms with van der Waals surface area (Å²) in [6, 6.07) is 0. The largest absolute Gasteiger partial charge is 0.330 e. The maximum atomic E-state index is 5.48. The lowest BCUT2D eigenvalue weighted by molar-refractivity contribution is 0.558. The Balaban J connectivity index is 3.21. The van der Waals surface area contributed by atoms with Crippen LogP contribution in [0.15, 0.2) is 0 Å². The smallest absolute Gasteiger partial charge is 0.00989 e. The second-order valence-corrected chi connectivity index (χ2v) is 7.20. The first-order chi connectivity index (χ1) is 12.4. The summed E-state index contributed by atoms with van der Waals surface area (Å²) in [4.78, 5) is 0. The van der Waals surface area contributed by atoms with Gasteiger partial charge in [-0.25, -0.2) is 0 Å². The van der Waals surface area contributed by atoms with Gasteiger partial charge in [0.1, 0.15) is 0 Å². The molecule has 0 unspecified atom stereocenters. The van der Waals surface area contributed by atoms with E-state index in [9.17, 15) is 0 Å². The molecule has 0 aliphatic carbocycles. The minimum Gasteiger partial charge on any atom is -0.330 e. The lowest BCUT2D eigenvalue weighted by atomic mass is 10.1. The molecule has 0 spiro atoms. The maximum absolute atomic E-state index is 5.48. The molecule has 0 aromatic carbocycles. The fraction of sp³-hybridized carbons (Fsp3) is 0.833. The van der Waals surface area contributed by atoms with Crippen molar-refractivity contribution >= 4 is 0 Å². The Hall–Kier alpha value is -0.920. The van der Waals surface area contributed by atoms with Crippen LogP contribution in [0.5, 0.6) is 0 Å². The first-order valence-electron chi connectivity index (χ1n) is 11.1. The lowest BCUT2D eigenvalue weighted by Crippen LogP contribution is -1.97. The van der Waals surface area contributed by atoms with Gasteiger partial charge in [0.2, 0.25) is 0 Å². The van der Waals surface area contributed by atoms with E-state index in [1.165, 1.54) is 103 Å². The Bertz CT molecular complexity index is 363. The van der Waals surface area contributed by atoms with Crippen LogP contribution >= 0.6 is 0 Å². The van der Waals surface area contributed by atoms with Gasteiger partial charge in [-0.1, -0.05) is 102 Å². The highest BCUT2D eigenvalue weighted by atomic mass is 14.5. The summed E-state index contributed by atoms with van der Waals surface area (Å²) in [5.41, 5.74) is 5.48. The van der Waals surface area contributed by atoms with Crippen LogP contribution in [0.25, 0.3) is 0 Å². The molecular formula is C24H43N. The van der Waals surface area contributed by atoms with Crippen molar-refractivity contribution < 1.29 is 0 Å². The van der Waals surface area contributed by atoms with Crippen molar-refractivity contribution in [3.8, 4) is 23.7 Å². The molecule has 0 bridgehead atoms. The molecule has 0 saturated carbocycles. The fourth-order valence-corrected chi connectivity index (χ4v) is 2.98. The molecule has 0 aliphatic rings. The third kappa shape index (κ3) is 23.1. The van der Waals surface area contributed by atoms with Crippen molar-refractivity contribution in [2.24, 2.45) is 5.73 Å². The Morgan fingerprint density at radius 1 is 0.480 bits per heavy atom. The molecule has 0 aromatic rings. The standard InChI is InChI=1S/C24H43N/c1-2-3-4-5-6-7-8-9-10-11-12-13-14-15-16-17-18-19-20-21-22-23-24-25/h2-12,17-25H2,1H3. The maximum Gasteiger partial charge on any atom is 0.00989 e. The monoisotopic (exact) mass is 345 g/mol. The number of nitrogens with two attached hydrogens (primary N) is 1. The molecule has 0 amide bonds. The minimum absolute atomic E-state index is 0.837. The van der Waals surface area contributed by atoms with Crippen LogP contribution in [0.3, 0.4) is 0 Å². The Morgan fingerprint density at radius 2 is 0.840 bits per heavy atom. The normalized spacial score (nSPS) is 10.0. The second-order valence-electron chi connectivity index (χ2n) is 7.20. The van der Waals surface area contributed by atoms with E-state index in [0.29, 0.717) is 0 Å². The van der Waals surface area contributed by atoms with E-state index in [1.807, 2.05) is 0 Å². The fourth-order valence-electron chi connectivity index (χ4n) is 2.98. The third-order valence-electron chi connectivity index (χ3n) is 4.65. The van der Waals surface area contributed by atoms with Crippen LogP contribution < -0.4 is 5.73 Å². The van der Waals surface area contributed by atoms with Crippen molar-refractivity contribution in [3.05, 3.63) is 0 Å². The molecule has 0 atom stereocenters. The van der Waals surface area contributed by atoms with Crippen LogP contribution in [0.2, 0.25) is 0 Å². The Kier molecular flexibility index (Phi) is 22.2. The zero-order valence-corrected chi connectivity index (χ0v) is 17.0. The highest BCUT2D eigenvalue weighted by Crippen LogP contribution is 2.11. The molecule has 1 heteroatoms. The van der Waals surface area contributed by atoms with Gasteiger partial charge in [0.05, 0.1) is 0 Å². The highest BCUT2D eigenvalue weighted by molar-refractivity contribution is 5.25. The van der Waals surface area contributed by atoms with Gasteiger partial charge < -0.3 is 5.73 Å². The van der Waals surface area contributed by atoms with E-state index in [1.54, 1.807) is 0 Å². The van der Waals surface area contributed by atoms with Gasteiger partial charge >= 0.3 is 0 Å². The zero-order valence-electron chi connectivity index (χ0n) is 17.0. The average Bonchev–Trinajstić information content (AvgIpc) is 2.63. The van der Waals surface area contributed by atoms with Crippen molar-refractivity contribution in [1.82, 2.24) is 0 Å². The van der Waals surface area contributed by atoms with Gasteiger partial charge in [-0.15, -0.1) is 0 Å². The molecular weight excluding hydrogens is 302 g/mol. The summed E-state index contributed by atoms with van der Waals surface area (Å²) in [5, 5.41) is 0. The SMILES string of the molecule is CCCCCCCCCCCCC#CC#CCCCCCCCCN. The molecule has 0 rings (SSSR count). The molecule has 0 saturated heterocycles. The van der Waals surface area contributed by atoms with Crippen LogP contribution in [-0.2, 0) is 0 Å². The Morgan fingerprint density at radius 3 is 1.24 bits per heavy atom. The van der Waals surface area contributed by atoms with E-state index in [4.69, 9.17) is 5.73 Å². The van der Waals surface area contributed by atoms with Gasteiger partial charge in [0.25, 0.3) is 0 Å². The minimum atomic E-state index is 0.837. The molecule has 2 N–H and O–H groups in total. The van der Waals surface area contributed by atoms with E-state index in [0.717, 1.165) is 19.4 Å². The predicted molar refractivity (Wildman–Crippen MR) is 113 cm³/mol. The molecule has 0 aliphatic heterocycles. The number of hydrogen-bond acceptors (Lipinski definition) is 1.